The molecule has 0 saturated heterocycles. The zero-order valence-corrected chi connectivity index (χ0v) is 10.9. The number of halogens is 2. The first kappa shape index (κ1) is 12.2. The highest BCUT2D eigenvalue weighted by atomic mass is 35.5. The molecule has 0 fully saturated rings. The summed E-state index contributed by atoms with van der Waals surface area (Å²) in [6.07, 6.45) is 2.34. The standard InChI is InChI=1S/C13H12Cl2N2/c1-8-5-9(13(16)17-7-8)6-10-11(14)3-2-4-12(10)15/h2-5,7H,6H2,1H3,(H2,16,17). The average Bonchev–Trinajstić information content (AvgIpc) is 2.28. The molecule has 2 aromatic rings. The van der Waals surface area contributed by atoms with Gasteiger partial charge in [0.25, 0.3) is 0 Å². The van der Waals surface area contributed by atoms with Crippen molar-refractivity contribution in [1.29, 1.82) is 0 Å². The first-order valence-electron chi connectivity index (χ1n) is 5.22. The van der Waals surface area contributed by atoms with E-state index >= 15 is 0 Å². The summed E-state index contributed by atoms with van der Waals surface area (Å²) >= 11 is 12.3. The van der Waals surface area contributed by atoms with Crippen molar-refractivity contribution in [3.8, 4) is 0 Å². The molecule has 0 aliphatic rings. The lowest BCUT2D eigenvalue weighted by Crippen LogP contribution is -2.00. The first-order chi connectivity index (χ1) is 8.08. The van der Waals surface area contributed by atoms with Gasteiger partial charge in [-0.3, -0.25) is 0 Å². The molecule has 0 unspecified atom stereocenters. The van der Waals surface area contributed by atoms with Crippen LogP contribution in [0.3, 0.4) is 0 Å². The minimum Gasteiger partial charge on any atom is -0.383 e. The molecule has 0 amide bonds. The molecular weight excluding hydrogens is 255 g/mol. The van der Waals surface area contributed by atoms with Gasteiger partial charge in [0.1, 0.15) is 5.82 Å². The summed E-state index contributed by atoms with van der Waals surface area (Å²) in [4.78, 5) is 4.13. The minimum absolute atomic E-state index is 0.520. The van der Waals surface area contributed by atoms with Gasteiger partial charge < -0.3 is 5.73 Å². The average molecular weight is 267 g/mol. The van der Waals surface area contributed by atoms with Gasteiger partial charge in [0.2, 0.25) is 0 Å². The molecule has 0 bridgehead atoms. The molecule has 0 aliphatic heterocycles. The Morgan fingerprint density at radius 1 is 1.24 bits per heavy atom. The summed E-state index contributed by atoms with van der Waals surface area (Å²) in [5.74, 6) is 0.520. The molecule has 88 valence electrons. The Morgan fingerprint density at radius 2 is 1.88 bits per heavy atom. The Hall–Kier alpha value is -1.25. The monoisotopic (exact) mass is 266 g/mol. The smallest absolute Gasteiger partial charge is 0.126 e. The second-order valence-corrected chi connectivity index (χ2v) is 4.75. The fourth-order valence-corrected chi connectivity index (χ4v) is 2.20. The lowest BCUT2D eigenvalue weighted by atomic mass is 10.0. The van der Waals surface area contributed by atoms with Gasteiger partial charge in [0, 0.05) is 22.7 Å². The maximum atomic E-state index is 6.13. The van der Waals surface area contributed by atoms with Crippen LogP contribution in [0.25, 0.3) is 0 Å². The van der Waals surface area contributed by atoms with E-state index in [1.165, 1.54) is 0 Å². The number of nitrogen functional groups attached to an aromatic ring is 1. The van der Waals surface area contributed by atoms with Crippen LogP contribution < -0.4 is 5.73 Å². The summed E-state index contributed by atoms with van der Waals surface area (Å²) in [5.41, 5.74) is 8.74. The Bertz CT molecular complexity index is 533. The van der Waals surface area contributed by atoms with Crippen molar-refractivity contribution in [3.05, 3.63) is 57.2 Å². The van der Waals surface area contributed by atoms with E-state index in [4.69, 9.17) is 28.9 Å². The molecular formula is C13H12Cl2N2. The van der Waals surface area contributed by atoms with Gasteiger partial charge in [-0.15, -0.1) is 0 Å². The van der Waals surface area contributed by atoms with E-state index in [1.54, 1.807) is 6.20 Å². The SMILES string of the molecule is Cc1cnc(N)c(Cc2c(Cl)cccc2Cl)c1. The van der Waals surface area contributed by atoms with Crippen LogP contribution >= 0.6 is 23.2 Å². The lowest BCUT2D eigenvalue weighted by molar-refractivity contribution is 1.14. The quantitative estimate of drug-likeness (QED) is 0.897. The predicted molar refractivity (Wildman–Crippen MR) is 72.7 cm³/mol. The molecule has 2 rings (SSSR count). The predicted octanol–water partition coefficient (Wildman–Crippen LogP) is 3.87. The Labute approximate surface area is 110 Å². The lowest BCUT2D eigenvalue weighted by Gasteiger charge is -2.09. The highest BCUT2D eigenvalue weighted by Crippen LogP contribution is 2.28. The van der Waals surface area contributed by atoms with Gasteiger partial charge in [-0.1, -0.05) is 35.3 Å². The van der Waals surface area contributed by atoms with Crippen molar-refractivity contribution in [2.45, 2.75) is 13.3 Å². The number of pyridine rings is 1. The zero-order valence-electron chi connectivity index (χ0n) is 9.37. The summed E-state index contributed by atoms with van der Waals surface area (Å²) in [5, 5.41) is 1.30. The topological polar surface area (TPSA) is 38.9 Å². The van der Waals surface area contributed by atoms with Crippen LogP contribution in [0, 0.1) is 6.92 Å². The molecule has 0 aliphatic carbocycles. The summed E-state index contributed by atoms with van der Waals surface area (Å²) in [6, 6.07) is 7.47. The number of aryl methyl sites for hydroxylation is 1. The van der Waals surface area contributed by atoms with E-state index in [0.717, 1.165) is 16.7 Å². The summed E-state index contributed by atoms with van der Waals surface area (Å²) in [7, 11) is 0. The molecule has 0 saturated carbocycles. The Morgan fingerprint density at radius 3 is 2.53 bits per heavy atom. The third kappa shape index (κ3) is 2.71. The van der Waals surface area contributed by atoms with Crippen molar-refractivity contribution in [1.82, 2.24) is 4.98 Å². The number of nitrogens with two attached hydrogens (primary N) is 1. The van der Waals surface area contributed by atoms with Crippen LogP contribution in [0.4, 0.5) is 5.82 Å². The molecule has 1 aromatic heterocycles. The fraction of sp³-hybridized carbons (Fsp3) is 0.154. The second-order valence-electron chi connectivity index (χ2n) is 3.93. The van der Waals surface area contributed by atoms with E-state index < -0.39 is 0 Å². The zero-order chi connectivity index (χ0) is 12.4. The van der Waals surface area contributed by atoms with Crippen LogP contribution in [0.15, 0.2) is 30.5 Å². The molecule has 0 atom stereocenters. The molecule has 4 heteroatoms. The fourth-order valence-electron chi connectivity index (χ4n) is 1.67. The van der Waals surface area contributed by atoms with Crippen LogP contribution in [0.1, 0.15) is 16.7 Å². The van der Waals surface area contributed by atoms with Crippen molar-refractivity contribution in [2.24, 2.45) is 0 Å². The number of hydrogen-bond acceptors (Lipinski definition) is 2. The maximum Gasteiger partial charge on any atom is 0.126 e. The summed E-state index contributed by atoms with van der Waals surface area (Å²) in [6.45, 7) is 1.98. The molecule has 1 heterocycles. The number of rotatable bonds is 2. The third-order valence-electron chi connectivity index (χ3n) is 2.57. The molecule has 0 spiro atoms. The van der Waals surface area contributed by atoms with E-state index in [0.29, 0.717) is 22.3 Å². The number of aromatic nitrogens is 1. The molecule has 2 N–H and O–H groups in total. The number of hydrogen-bond donors (Lipinski definition) is 1. The third-order valence-corrected chi connectivity index (χ3v) is 3.28. The highest BCUT2D eigenvalue weighted by Gasteiger charge is 2.09. The minimum atomic E-state index is 0.520. The Kier molecular flexibility index (Phi) is 3.55. The highest BCUT2D eigenvalue weighted by molar-refractivity contribution is 6.36. The number of anilines is 1. The first-order valence-corrected chi connectivity index (χ1v) is 5.97. The van der Waals surface area contributed by atoms with Crippen molar-refractivity contribution in [3.63, 3.8) is 0 Å². The van der Waals surface area contributed by atoms with E-state index in [2.05, 4.69) is 4.98 Å². The normalized spacial score (nSPS) is 10.5. The van der Waals surface area contributed by atoms with E-state index in [1.807, 2.05) is 31.2 Å². The van der Waals surface area contributed by atoms with Crippen LogP contribution in [0.5, 0.6) is 0 Å². The van der Waals surface area contributed by atoms with Gasteiger partial charge >= 0.3 is 0 Å². The Balaban J connectivity index is 2.41. The van der Waals surface area contributed by atoms with Crippen LogP contribution in [-0.2, 0) is 6.42 Å². The largest absolute Gasteiger partial charge is 0.383 e. The number of nitrogens with zero attached hydrogens (tertiary/aromatic N) is 1. The second kappa shape index (κ2) is 4.94. The molecule has 2 nitrogen and oxygen atoms in total. The molecule has 17 heavy (non-hydrogen) atoms. The van der Waals surface area contributed by atoms with Gasteiger partial charge in [-0.2, -0.15) is 0 Å². The molecule has 1 aromatic carbocycles. The maximum absolute atomic E-state index is 6.13. The van der Waals surface area contributed by atoms with Gasteiger partial charge in [-0.25, -0.2) is 4.98 Å². The van der Waals surface area contributed by atoms with Crippen molar-refractivity contribution in [2.75, 3.05) is 5.73 Å². The van der Waals surface area contributed by atoms with Gasteiger partial charge in [0.15, 0.2) is 0 Å². The van der Waals surface area contributed by atoms with Crippen LogP contribution in [-0.4, -0.2) is 4.98 Å². The number of benzene rings is 1. The van der Waals surface area contributed by atoms with Crippen molar-refractivity contribution >= 4 is 29.0 Å². The van der Waals surface area contributed by atoms with E-state index in [9.17, 15) is 0 Å². The van der Waals surface area contributed by atoms with Gasteiger partial charge in [-0.05, 0) is 35.7 Å². The van der Waals surface area contributed by atoms with E-state index in [-0.39, 0.29) is 0 Å². The molecule has 0 radical (unpaired) electrons. The van der Waals surface area contributed by atoms with Crippen molar-refractivity contribution < 1.29 is 0 Å². The van der Waals surface area contributed by atoms with Gasteiger partial charge in [0.05, 0.1) is 0 Å². The van der Waals surface area contributed by atoms with Crippen LogP contribution in [0.2, 0.25) is 10.0 Å². The summed E-state index contributed by atoms with van der Waals surface area (Å²) < 4.78 is 0.